The second-order valence-corrected chi connectivity index (χ2v) is 4.43. The monoisotopic (exact) mass is 266 g/mol. The number of hydrogen-bond acceptors (Lipinski definition) is 2. The lowest BCUT2D eigenvalue weighted by molar-refractivity contribution is 0.174. The van der Waals surface area contributed by atoms with E-state index in [-0.39, 0.29) is 6.79 Å². The van der Waals surface area contributed by atoms with Crippen molar-refractivity contribution in [1.29, 1.82) is 0 Å². The van der Waals surface area contributed by atoms with Gasteiger partial charge < -0.3 is 9.47 Å². The Hall–Kier alpha value is -1.38. The normalized spacial score (nSPS) is 12.8. The fourth-order valence-electron chi connectivity index (χ4n) is 1.85. The Labute approximate surface area is 109 Å². The first-order valence-electron chi connectivity index (χ1n) is 5.10. The van der Waals surface area contributed by atoms with Gasteiger partial charge >= 0.3 is 0 Å². The lowest BCUT2D eigenvalue weighted by atomic mass is 10.0. The molecule has 0 radical (unpaired) electrons. The quantitative estimate of drug-likeness (QED) is 0.762. The van der Waals surface area contributed by atoms with Crippen LogP contribution in [0.4, 0.5) is 0 Å². The largest absolute Gasteiger partial charge is 0.454 e. The minimum atomic E-state index is 0.200. The van der Waals surface area contributed by atoms with Gasteiger partial charge in [-0.2, -0.15) is 0 Å². The molecule has 0 amide bonds. The maximum atomic E-state index is 6.24. The summed E-state index contributed by atoms with van der Waals surface area (Å²) in [4.78, 5) is 0. The van der Waals surface area contributed by atoms with Crippen molar-refractivity contribution >= 4 is 23.2 Å². The van der Waals surface area contributed by atoms with Crippen molar-refractivity contribution in [1.82, 2.24) is 0 Å². The molecule has 0 saturated carbocycles. The smallest absolute Gasteiger partial charge is 0.231 e. The topological polar surface area (TPSA) is 18.5 Å². The third-order valence-electron chi connectivity index (χ3n) is 2.62. The molecule has 1 aliphatic heterocycles. The van der Waals surface area contributed by atoms with Crippen LogP contribution in [0.2, 0.25) is 10.0 Å². The van der Waals surface area contributed by atoms with Crippen LogP contribution in [0.1, 0.15) is 0 Å². The van der Waals surface area contributed by atoms with Crippen LogP contribution in [-0.4, -0.2) is 6.79 Å². The van der Waals surface area contributed by atoms with Gasteiger partial charge in [0.25, 0.3) is 0 Å². The molecule has 0 atom stereocenters. The Morgan fingerprint density at radius 2 is 1.76 bits per heavy atom. The van der Waals surface area contributed by atoms with Crippen molar-refractivity contribution in [3.05, 3.63) is 46.4 Å². The summed E-state index contributed by atoms with van der Waals surface area (Å²) in [6.07, 6.45) is 0. The maximum Gasteiger partial charge on any atom is 0.231 e. The summed E-state index contributed by atoms with van der Waals surface area (Å²) in [6.45, 7) is 0.200. The van der Waals surface area contributed by atoms with Gasteiger partial charge in [0.15, 0.2) is 11.5 Å². The third-order valence-corrected chi connectivity index (χ3v) is 3.41. The standard InChI is InChI=1S/C13H8Cl2O2/c14-9-6-10-13(17-7-16-10)11(12(9)15)8-4-2-1-3-5-8/h1-6H,7H2. The molecular formula is C13H8Cl2O2. The lowest BCUT2D eigenvalue weighted by Gasteiger charge is -2.09. The van der Waals surface area contributed by atoms with Crippen molar-refractivity contribution in [2.45, 2.75) is 0 Å². The van der Waals surface area contributed by atoms with Gasteiger partial charge in [-0.25, -0.2) is 0 Å². The Morgan fingerprint density at radius 1 is 1.00 bits per heavy atom. The Bertz CT molecular complexity index is 567. The van der Waals surface area contributed by atoms with Crippen LogP contribution < -0.4 is 9.47 Å². The van der Waals surface area contributed by atoms with E-state index in [1.165, 1.54) is 0 Å². The molecule has 0 bridgehead atoms. The number of rotatable bonds is 1. The zero-order valence-corrected chi connectivity index (χ0v) is 10.3. The molecule has 4 heteroatoms. The molecule has 86 valence electrons. The van der Waals surface area contributed by atoms with Gasteiger partial charge in [-0.15, -0.1) is 0 Å². The number of halogens is 2. The van der Waals surface area contributed by atoms with E-state index in [4.69, 9.17) is 32.7 Å². The van der Waals surface area contributed by atoms with E-state index in [9.17, 15) is 0 Å². The molecule has 2 aromatic carbocycles. The highest BCUT2D eigenvalue weighted by atomic mass is 35.5. The molecule has 2 nitrogen and oxygen atoms in total. The van der Waals surface area contributed by atoms with Crippen molar-refractivity contribution in [3.63, 3.8) is 0 Å². The van der Waals surface area contributed by atoms with Gasteiger partial charge in [0, 0.05) is 11.6 Å². The Morgan fingerprint density at radius 3 is 2.53 bits per heavy atom. The second kappa shape index (κ2) is 4.13. The first kappa shape index (κ1) is 10.8. The van der Waals surface area contributed by atoms with E-state index in [0.717, 1.165) is 11.1 Å². The first-order valence-corrected chi connectivity index (χ1v) is 5.86. The van der Waals surface area contributed by atoms with Gasteiger partial charge in [0.05, 0.1) is 10.0 Å². The van der Waals surface area contributed by atoms with Crippen molar-refractivity contribution in [2.75, 3.05) is 6.79 Å². The molecule has 2 aromatic rings. The molecule has 0 spiro atoms. The zero-order valence-electron chi connectivity index (χ0n) is 8.74. The van der Waals surface area contributed by atoms with E-state index in [0.29, 0.717) is 21.5 Å². The van der Waals surface area contributed by atoms with Crippen LogP contribution in [0.3, 0.4) is 0 Å². The molecule has 1 aliphatic rings. The summed E-state index contributed by atoms with van der Waals surface area (Å²) in [6, 6.07) is 11.4. The number of ether oxygens (including phenoxy) is 2. The van der Waals surface area contributed by atoms with Crippen molar-refractivity contribution < 1.29 is 9.47 Å². The lowest BCUT2D eigenvalue weighted by Crippen LogP contribution is -1.93. The fraction of sp³-hybridized carbons (Fsp3) is 0.0769. The Balaban J connectivity index is 2.29. The molecule has 3 rings (SSSR count). The third kappa shape index (κ3) is 1.74. The molecule has 0 aliphatic carbocycles. The summed E-state index contributed by atoms with van der Waals surface area (Å²) in [5, 5.41) is 0.955. The predicted octanol–water partition coefficient (Wildman–Crippen LogP) is 4.39. The first-order chi connectivity index (χ1) is 8.27. The number of benzene rings is 2. The van der Waals surface area contributed by atoms with Crippen LogP contribution in [0.25, 0.3) is 11.1 Å². The van der Waals surface area contributed by atoms with E-state index in [2.05, 4.69) is 0 Å². The van der Waals surface area contributed by atoms with E-state index < -0.39 is 0 Å². The maximum absolute atomic E-state index is 6.24. The Kier molecular flexibility index (Phi) is 2.61. The van der Waals surface area contributed by atoms with E-state index in [1.807, 2.05) is 30.3 Å². The highest BCUT2D eigenvalue weighted by molar-refractivity contribution is 6.44. The summed E-state index contributed by atoms with van der Waals surface area (Å²) in [5.74, 6) is 1.30. The van der Waals surface area contributed by atoms with Crippen LogP contribution in [0.5, 0.6) is 11.5 Å². The minimum Gasteiger partial charge on any atom is -0.454 e. The minimum absolute atomic E-state index is 0.200. The zero-order chi connectivity index (χ0) is 11.8. The highest BCUT2D eigenvalue weighted by Gasteiger charge is 2.23. The number of fused-ring (bicyclic) bond motifs is 1. The summed E-state index contributed by atoms with van der Waals surface area (Å²) in [7, 11) is 0. The average Bonchev–Trinajstić information content (AvgIpc) is 2.79. The van der Waals surface area contributed by atoms with Crippen molar-refractivity contribution in [2.24, 2.45) is 0 Å². The molecule has 0 fully saturated rings. The molecule has 0 aromatic heterocycles. The SMILES string of the molecule is Clc1cc2c(c(-c3ccccc3)c1Cl)OCO2. The van der Waals surface area contributed by atoms with Gasteiger partial charge in [0.1, 0.15) is 0 Å². The summed E-state index contributed by atoms with van der Waals surface area (Å²) >= 11 is 12.3. The molecular weight excluding hydrogens is 259 g/mol. The van der Waals surface area contributed by atoms with Crippen LogP contribution >= 0.6 is 23.2 Å². The molecule has 17 heavy (non-hydrogen) atoms. The van der Waals surface area contributed by atoms with Gasteiger partial charge in [-0.05, 0) is 5.56 Å². The molecule has 0 N–H and O–H groups in total. The molecule has 0 unspecified atom stereocenters. The van der Waals surface area contributed by atoms with Crippen LogP contribution in [0.15, 0.2) is 36.4 Å². The summed E-state index contributed by atoms with van der Waals surface area (Å²) in [5.41, 5.74) is 1.74. The highest BCUT2D eigenvalue weighted by Crippen LogP contribution is 2.48. The van der Waals surface area contributed by atoms with E-state index in [1.54, 1.807) is 6.07 Å². The molecule has 1 heterocycles. The average molecular weight is 267 g/mol. The van der Waals surface area contributed by atoms with E-state index >= 15 is 0 Å². The fourth-order valence-corrected chi connectivity index (χ4v) is 2.29. The second-order valence-electron chi connectivity index (χ2n) is 3.65. The number of hydrogen-bond donors (Lipinski definition) is 0. The van der Waals surface area contributed by atoms with Gasteiger partial charge in [-0.3, -0.25) is 0 Å². The van der Waals surface area contributed by atoms with Crippen LogP contribution in [0, 0.1) is 0 Å². The van der Waals surface area contributed by atoms with Gasteiger partial charge in [0.2, 0.25) is 6.79 Å². The summed E-state index contributed by atoms with van der Waals surface area (Å²) < 4.78 is 10.8. The molecule has 0 saturated heterocycles. The predicted molar refractivity (Wildman–Crippen MR) is 68.0 cm³/mol. The van der Waals surface area contributed by atoms with Gasteiger partial charge in [-0.1, -0.05) is 53.5 Å². The van der Waals surface area contributed by atoms with Crippen LogP contribution in [-0.2, 0) is 0 Å². The van der Waals surface area contributed by atoms with Crippen molar-refractivity contribution in [3.8, 4) is 22.6 Å².